The van der Waals surface area contributed by atoms with Gasteiger partial charge in [-0.1, -0.05) is 12.1 Å². The quantitative estimate of drug-likeness (QED) is 0.908. The number of nitrogens with one attached hydrogen (secondary N) is 1. The second kappa shape index (κ2) is 5.37. The summed E-state index contributed by atoms with van der Waals surface area (Å²) < 4.78 is 59.7. The van der Waals surface area contributed by atoms with Crippen molar-refractivity contribution in [1.82, 2.24) is 4.72 Å². The number of nitriles is 1. The number of hydrogen-bond donors (Lipinski definition) is 1. The van der Waals surface area contributed by atoms with Crippen molar-refractivity contribution in [2.75, 3.05) is 6.54 Å². The summed E-state index contributed by atoms with van der Waals surface area (Å²) in [6.07, 6.45) is -4.59. The molecule has 0 aliphatic rings. The summed E-state index contributed by atoms with van der Waals surface area (Å²) in [7, 11) is -4.04. The van der Waals surface area contributed by atoms with Crippen molar-refractivity contribution in [3.8, 4) is 6.07 Å². The lowest BCUT2D eigenvalue weighted by Gasteiger charge is -2.09. The lowest BCUT2D eigenvalue weighted by molar-refractivity contribution is -0.121. The Morgan fingerprint density at radius 3 is 2.22 bits per heavy atom. The second-order valence-corrected chi connectivity index (χ2v) is 5.31. The zero-order valence-corrected chi connectivity index (χ0v) is 9.85. The fraction of sp³-hybridized carbons (Fsp3) is 0.300. The summed E-state index contributed by atoms with van der Waals surface area (Å²) in [5.74, 6) is -0.561. The minimum absolute atomic E-state index is 0.309. The molecule has 0 radical (unpaired) electrons. The summed E-state index contributed by atoms with van der Waals surface area (Å²) in [4.78, 5) is 0. The van der Waals surface area contributed by atoms with Gasteiger partial charge in [-0.15, -0.1) is 0 Å². The van der Waals surface area contributed by atoms with Crippen molar-refractivity contribution in [2.45, 2.75) is 11.9 Å². The molecule has 0 aliphatic heterocycles. The van der Waals surface area contributed by atoms with Gasteiger partial charge in [0.15, 0.2) is 0 Å². The van der Waals surface area contributed by atoms with E-state index in [0.29, 0.717) is 11.1 Å². The van der Waals surface area contributed by atoms with E-state index in [0.717, 1.165) is 0 Å². The number of alkyl halides is 3. The summed E-state index contributed by atoms with van der Waals surface area (Å²) in [6, 6.07) is 7.40. The molecule has 8 heteroatoms. The van der Waals surface area contributed by atoms with Crippen LogP contribution in [0.5, 0.6) is 0 Å². The van der Waals surface area contributed by atoms with Crippen molar-refractivity contribution >= 4 is 10.0 Å². The summed E-state index contributed by atoms with van der Waals surface area (Å²) in [5.41, 5.74) is 0.656. The Kier molecular flexibility index (Phi) is 4.32. The molecule has 0 bridgehead atoms. The van der Waals surface area contributed by atoms with Crippen LogP contribution < -0.4 is 4.72 Å². The molecule has 0 aliphatic carbocycles. The predicted molar refractivity (Wildman–Crippen MR) is 57.8 cm³/mol. The van der Waals surface area contributed by atoms with Crippen LogP contribution in [0.2, 0.25) is 0 Å². The van der Waals surface area contributed by atoms with E-state index in [9.17, 15) is 21.6 Å². The third-order valence-electron chi connectivity index (χ3n) is 1.93. The molecule has 18 heavy (non-hydrogen) atoms. The number of nitrogens with zero attached hydrogens (tertiary/aromatic N) is 1. The number of sulfonamides is 1. The van der Waals surface area contributed by atoms with Crippen LogP contribution >= 0.6 is 0 Å². The fourth-order valence-electron chi connectivity index (χ4n) is 1.14. The summed E-state index contributed by atoms with van der Waals surface area (Å²) >= 11 is 0. The monoisotopic (exact) mass is 278 g/mol. The molecule has 0 unspecified atom stereocenters. The van der Waals surface area contributed by atoms with Gasteiger partial charge in [-0.05, 0) is 17.7 Å². The highest BCUT2D eigenvalue weighted by Crippen LogP contribution is 2.14. The zero-order chi connectivity index (χ0) is 13.8. The van der Waals surface area contributed by atoms with E-state index in [1.165, 1.54) is 29.0 Å². The topological polar surface area (TPSA) is 70.0 Å². The van der Waals surface area contributed by atoms with Gasteiger partial charge in [-0.2, -0.15) is 18.4 Å². The van der Waals surface area contributed by atoms with Gasteiger partial charge in [0.25, 0.3) is 0 Å². The van der Waals surface area contributed by atoms with Gasteiger partial charge in [-0.25, -0.2) is 13.1 Å². The SMILES string of the molecule is N#Cc1ccc(CS(=O)(=O)NCC(F)(F)F)cc1. The highest BCUT2D eigenvalue weighted by molar-refractivity contribution is 7.88. The Morgan fingerprint density at radius 1 is 1.22 bits per heavy atom. The second-order valence-electron chi connectivity index (χ2n) is 3.50. The van der Waals surface area contributed by atoms with E-state index >= 15 is 0 Å². The average Bonchev–Trinajstić information content (AvgIpc) is 2.26. The Labute approximate surface area is 102 Å². The largest absolute Gasteiger partial charge is 0.402 e. The van der Waals surface area contributed by atoms with Crippen molar-refractivity contribution in [3.05, 3.63) is 35.4 Å². The molecular weight excluding hydrogens is 269 g/mol. The first-order chi connectivity index (χ1) is 8.22. The molecule has 0 aromatic heterocycles. The third-order valence-corrected chi connectivity index (χ3v) is 3.23. The third kappa shape index (κ3) is 5.16. The van der Waals surface area contributed by atoms with E-state index in [1.807, 2.05) is 6.07 Å². The van der Waals surface area contributed by atoms with E-state index < -0.39 is 28.5 Å². The van der Waals surface area contributed by atoms with Crippen LogP contribution in [-0.2, 0) is 15.8 Å². The summed E-state index contributed by atoms with van der Waals surface area (Å²) in [5, 5.41) is 8.53. The Hall–Kier alpha value is -1.59. The number of benzene rings is 1. The molecule has 0 saturated carbocycles. The minimum atomic E-state index is -4.59. The van der Waals surface area contributed by atoms with Crippen molar-refractivity contribution < 1.29 is 21.6 Å². The van der Waals surface area contributed by atoms with Gasteiger partial charge in [0.05, 0.1) is 17.4 Å². The van der Waals surface area contributed by atoms with Crippen molar-refractivity contribution in [3.63, 3.8) is 0 Å². The number of rotatable bonds is 4. The van der Waals surface area contributed by atoms with Crippen LogP contribution in [-0.4, -0.2) is 21.1 Å². The van der Waals surface area contributed by atoms with Gasteiger partial charge in [-0.3, -0.25) is 0 Å². The van der Waals surface area contributed by atoms with Gasteiger partial charge in [0, 0.05) is 0 Å². The van der Waals surface area contributed by atoms with Crippen LogP contribution in [0.4, 0.5) is 13.2 Å². The molecule has 0 saturated heterocycles. The molecule has 0 fully saturated rings. The molecule has 1 aromatic rings. The molecule has 0 amide bonds. The van der Waals surface area contributed by atoms with Gasteiger partial charge in [0.2, 0.25) is 10.0 Å². The van der Waals surface area contributed by atoms with Gasteiger partial charge >= 0.3 is 6.18 Å². The van der Waals surface area contributed by atoms with Gasteiger partial charge < -0.3 is 0 Å². The standard InChI is InChI=1S/C10H9F3N2O2S/c11-10(12,13)7-15-18(16,17)6-9-3-1-8(5-14)2-4-9/h1-4,15H,6-7H2. The molecule has 98 valence electrons. The minimum Gasteiger partial charge on any atom is -0.212 e. The smallest absolute Gasteiger partial charge is 0.212 e. The maximum Gasteiger partial charge on any atom is 0.402 e. The van der Waals surface area contributed by atoms with Crippen LogP contribution in [0.25, 0.3) is 0 Å². The first-order valence-corrected chi connectivity index (χ1v) is 6.40. The highest BCUT2D eigenvalue weighted by Gasteiger charge is 2.29. The molecule has 0 heterocycles. The first-order valence-electron chi connectivity index (χ1n) is 4.75. The molecule has 1 aromatic carbocycles. The Balaban J connectivity index is 2.68. The van der Waals surface area contributed by atoms with Crippen LogP contribution in [0.15, 0.2) is 24.3 Å². The van der Waals surface area contributed by atoms with Crippen molar-refractivity contribution in [2.24, 2.45) is 0 Å². The molecule has 0 spiro atoms. The predicted octanol–water partition coefficient (Wildman–Crippen LogP) is 1.54. The van der Waals surface area contributed by atoms with Crippen LogP contribution in [0, 0.1) is 11.3 Å². The lowest BCUT2D eigenvalue weighted by Crippen LogP contribution is -2.34. The first kappa shape index (κ1) is 14.5. The maximum absolute atomic E-state index is 11.9. The van der Waals surface area contributed by atoms with E-state index in [2.05, 4.69) is 0 Å². The van der Waals surface area contributed by atoms with Gasteiger partial charge in [0.1, 0.15) is 6.54 Å². The van der Waals surface area contributed by atoms with E-state index in [4.69, 9.17) is 5.26 Å². The molecular formula is C10H9F3N2O2S. The molecule has 1 rings (SSSR count). The molecule has 0 atom stereocenters. The lowest BCUT2D eigenvalue weighted by atomic mass is 10.2. The zero-order valence-electron chi connectivity index (χ0n) is 9.03. The van der Waals surface area contributed by atoms with Crippen molar-refractivity contribution in [1.29, 1.82) is 5.26 Å². The number of halogens is 3. The van der Waals surface area contributed by atoms with Crippen LogP contribution in [0.3, 0.4) is 0 Å². The van der Waals surface area contributed by atoms with E-state index in [1.54, 1.807) is 0 Å². The Bertz CT molecular complexity index is 544. The Morgan fingerprint density at radius 2 is 1.78 bits per heavy atom. The van der Waals surface area contributed by atoms with E-state index in [-0.39, 0.29) is 0 Å². The molecule has 4 nitrogen and oxygen atoms in total. The fourth-order valence-corrected chi connectivity index (χ4v) is 2.25. The average molecular weight is 278 g/mol. The summed E-state index contributed by atoms with van der Waals surface area (Å²) in [6.45, 7) is -1.59. The number of hydrogen-bond acceptors (Lipinski definition) is 3. The van der Waals surface area contributed by atoms with Crippen LogP contribution in [0.1, 0.15) is 11.1 Å². The molecule has 1 N–H and O–H groups in total. The normalized spacial score (nSPS) is 12.1. The highest BCUT2D eigenvalue weighted by atomic mass is 32.2. The maximum atomic E-state index is 11.9.